The van der Waals surface area contributed by atoms with E-state index in [1.807, 2.05) is 6.92 Å². The highest BCUT2D eigenvalue weighted by molar-refractivity contribution is 5.45. The molecule has 0 spiro atoms. The molecular formula is C11H21N5. The minimum Gasteiger partial charge on any atom is -0.370 e. The van der Waals surface area contributed by atoms with Crippen LogP contribution in [0.2, 0.25) is 0 Å². The summed E-state index contributed by atoms with van der Waals surface area (Å²) >= 11 is 0. The third-order valence-electron chi connectivity index (χ3n) is 2.35. The van der Waals surface area contributed by atoms with Gasteiger partial charge in [0.1, 0.15) is 5.82 Å². The molecule has 1 aromatic rings. The summed E-state index contributed by atoms with van der Waals surface area (Å²) in [6.07, 6.45) is 4.12. The quantitative estimate of drug-likeness (QED) is 0.390. The lowest BCUT2D eigenvalue weighted by molar-refractivity contribution is 0.566. The van der Waals surface area contributed by atoms with Crippen molar-refractivity contribution in [2.24, 2.45) is 11.8 Å². The molecule has 0 aromatic carbocycles. The molecule has 5 heteroatoms. The number of aryl methyl sites for hydroxylation is 1. The van der Waals surface area contributed by atoms with Crippen LogP contribution in [0, 0.1) is 12.8 Å². The van der Waals surface area contributed by atoms with Crippen LogP contribution in [-0.4, -0.2) is 16.5 Å². The molecule has 0 fully saturated rings. The zero-order valence-corrected chi connectivity index (χ0v) is 10.2. The molecule has 1 rings (SSSR count). The second-order valence-electron chi connectivity index (χ2n) is 4.33. The molecule has 0 aliphatic rings. The number of hydrogen-bond acceptors (Lipinski definition) is 5. The largest absolute Gasteiger partial charge is 0.370 e. The van der Waals surface area contributed by atoms with Crippen molar-refractivity contribution in [1.82, 2.24) is 9.97 Å². The molecule has 0 amide bonds. The van der Waals surface area contributed by atoms with E-state index in [0.717, 1.165) is 30.3 Å². The fourth-order valence-electron chi connectivity index (χ4n) is 1.41. The van der Waals surface area contributed by atoms with Gasteiger partial charge in [0.15, 0.2) is 0 Å². The van der Waals surface area contributed by atoms with E-state index < -0.39 is 0 Å². The standard InChI is InChI=1S/C11H21N5/c1-8(2)5-4-6-13-10-9(3)7-14-11(15-10)16-12/h7-8H,4-6,12H2,1-3H3,(H2,13,14,15,16). The van der Waals surface area contributed by atoms with E-state index >= 15 is 0 Å². The van der Waals surface area contributed by atoms with Crippen LogP contribution in [0.15, 0.2) is 6.20 Å². The second kappa shape index (κ2) is 6.27. The van der Waals surface area contributed by atoms with Crippen LogP contribution in [0.3, 0.4) is 0 Å². The lowest BCUT2D eigenvalue weighted by atomic mass is 10.1. The van der Waals surface area contributed by atoms with Gasteiger partial charge in [0, 0.05) is 18.3 Å². The van der Waals surface area contributed by atoms with Gasteiger partial charge < -0.3 is 5.32 Å². The number of nitrogen functional groups attached to an aromatic ring is 1. The summed E-state index contributed by atoms with van der Waals surface area (Å²) in [5.74, 6) is 7.30. The monoisotopic (exact) mass is 223 g/mol. The topological polar surface area (TPSA) is 75.9 Å². The Morgan fingerprint density at radius 3 is 2.81 bits per heavy atom. The summed E-state index contributed by atoms with van der Waals surface area (Å²) in [4.78, 5) is 8.28. The van der Waals surface area contributed by atoms with Crippen LogP contribution < -0.4 is 16.6 Å². The molecule has 1 heterocycles. The molecule has 0 aliphatic carbocycles. The van der Waals surface area contributed by atoms with E-state index in [0.29, 0.717) is 5.95 Å². The van der Waals surface area contributed by atoms with Gasteiger partial charge in [0.25, 0.3) is 0 Å². The number of nitrogens with two attached hydrogens (primary N) is 1. The smallest absolute Gasteiger partial charge is 0.239 e. The fourth-order valence-corrected chi connectivity index (χ4v) is 1.41. The van der Waals surface area contributed by atoms with Crippen molar-refractivity contribution in [3.05, 3.63) is 11.8 Å². The third kappa shape index (κ3) is 4.02. The zero-order valence-electron chi connectivity index (χ0n) is 10.2. The molecule has 4 N–H and O–H groups in total. The average Bonchev–Trinajstić information content (AvgIpc) is 2.26. The Morgan fingerprint density at radius 1 is 1.44 bits per heavy atom. The van der Waals surface area contributed by atoms with E-state index in [1.54, 1.807) is 6.20 Å². The predicted octanol–water partition coefficient (Wildman–Crippen LogP) is 1.92. The molecule has 5 nitrogen and oxygen atoms in total. The van der Waals surface area contributed by atoms with E-state index in [1.165, 1.54) is 6.42 Å². The molecule has 0 bridgehead atoms. The normalized spacial score (nSPS) is 10.6. The lowest BCUT2D eigenvalue weighted by Gasteiger charge is -2.10. The maximum Gasteiger partial charge on any atom is 0.239 e. The fraction of sp³-hybridized carbons (Fsp3) is 0.636. The van der Waals surface area contributed by atoms with Crippen LogP contribution in [-0.2, 0) is 0 Å². The Kier molecular flexibility index (Phi) is 4.98. The first-order valence-electron chi connectivity index (χ1n) is 5.67. The first kappa shape index (κ1) is 12.7. The van der Waals surface area contributed by atoms with Crippen molar-refractivity contribution in [2.75, 3.05) is 17.3 Å². The Morgan fingerprint density at radius 2 is 2.19 bits per heavy atom. The number of rotatable bonds is 6. The molecule has 0 aliphatic heterocycles. The summed E-state index contributed by atoms with van der Waals surface area (Å²) in [6.45, 7) is 7.36. The molecule has 90 valence electrons. The first-order chi connectivity index (χ1) is 7.63. The maximum atomic E-state index is 5.26. The average molecular weight is 223 g/mol. The van der Waals surface area contributed by atoms with Crippen molar-refractivity contribution in [3.63, 3.8) is 0 Å². The highest BCUT2D eigenvalue weighted by Crippen LogP contribution is 2.12. The Hall–Kier alpha value is -1.36. The van der Waals surface area contributed by atoms with Gasteiger partial charge in [-0.2, -0.15) is 4.98 Å². The van der Waals surface area contributed by atoms with Gasteiger partial charge in [-0.3, -0.25) is 5.43 Å². The lowest BCUT2D eigenvalue weighted by Crippen LogP contribution is -2.13. The summed E-state index contributed by atoms with van der Waals surface area (Å²) in [5, 5.41) is 3.30. The number of hydrogen-bond donors (Lipinski definition) is 3. The number of nitrogens with zero attached hydrogens (tertiary/aromatic N) is 2. The summed E-state index contributed by atoms with van der Waals surface area (Å²) in [5.41, 5.74) is 3.47. The molecule has 0 atom stereocenters. The molecular weight excluding hydrogens is 202 g/mol. The molecule has 0 saturated heterocycles. The van der Waals surface area contributed by atoms with Crippen LogP contribution in [0.1, 0.15) is 32.3 Å². The highest BCUT2D eigenvalue weighted by atomic mass is 15.3. The van der Waals surface area contributed by atoms with Crippen LogP contribution >= 0.6 is 0 Å². The summed E-state index contributed by atoms with van der Waals surface area (Å²) in [6, 6.07) is 0. The minimum absolute atomic E-state index is 0.442. The minimum atomic E-state index is 0.442. The van der Waals surface area contributed by atoms with Gasteiger partial charge in [-0.1, -0.05) is 13.8 Å². The van der Waals surface area contributed by atoms with Gasteiger partial charge >= 0.3 is 0 Å². The van der Waals surface area contributed by atoms with Gasteiger partial charge in [-0.15, -0.1) is 0 Å². The molecule has 0 unspecified atom stereocenters. The van der Waals surface area contributed by atoms with E-state index in [9.17, 15) is 0 Å². The summed E-state index contributed by atoms with van der Waals surface area (Å²) in [7, 11) is 0. The Bertz CT molecular complexity index is 324. The van der Waals surface area contributed by atoms with Gasteiger partial charge in [0.05, 0.1) is 0 Å². The molecule has 0 saturated carbocycles. The Balaban J connectivity index is 2.46. The molecule has 1 aromatic heterocycles. The van der Waals surface area contributed by atoms with Crippen molar-refractivity contribution in [2.45, 2.75) is 33.6 Å². The molecule has 16 heavy (non-hydrogen) atoms. The van der Waals surface area contributed by atoms with Crippen molar-refractivity contribution < 1.29 is 0 Å². The van der Waals surface area contributed by atoms with E-state index in [2.05, 4.69) is 34.6 Å². The van der Waals surface area contributed by atoms with Gasteiger partial charge in [-0.25, -0.2) is 10.8 Å². The number of nitrogens with one attached hydrogen (secondary N) is 2. The van der Waals surface area contributed by atoms with E-state index in [-0.39, 0.29) is 0 Å². The number of hydrazine groups is 1. The second-order valence-corrected chi connectivity index (χ2v) is 4.33. The van der Waals surface area contributed by atoms with Gasteiger partial charge in [-0.05, 0) is 25.7 Å². The van der Waals surface area contributed by atoms with Crippen LogP contribution in [0.4, 0.5) is 11.8 Å². The van der Waals surface area contributed by atoms with Crippen molar-refractivity contribution in [1.29, 1.82) is 0 Å². The SMILES string of the molecule is Cc1cnc(NN)nc1NCCCC(C)C. The zero-order chi connectivity index (χ0) is 12.0. The molecule has 0 radical (unpaired) electrons. The van der Waals surface area contributed by atoms with Crippen LogP contribution in [0.25, 0.3) is 0 Å². The number of anilines is 2. The Labute approximate surface area is 96.8 Å². The van der Waals surface area contributed by atoms with E-state index in [4.69, 9.17) is 5.84 Å². The van der Waals surface area contributed by atoms with Crippen LogP contribution in [0.5, 0.6) is 0 Å². The maximum absolute atomic E-state index is 5.26. The third-order valence-corrected chi connectivity index (χ3v) is 2.35. The van der Waals surface area contributed by atoms with Gasteiger partial charge in [0.2, 0.25) is 5.95 Å². The summed E-state index contributed by atoms with van der Waals surface area (Å²) < 4.78 is 0. The highest BCUT2D eigenvalue weighted by Gasteiger charge is 2.02. The predicted molar refractivity (Wildman–Crippen MR) is 67.1 cm³/mol. The number of aromatic nitrogens is 2. The first-order valence-corrected chi connectivity index (χ1v) is 5.67. The van der Waals surface area contributed by atoms with Crippen molar-refractivity contribution >= 4 is 11.8 Å². The van der Waals surface area contributed by atoms with Crippen molar-refractivity contribution in [3.8, 4) is 0 Å².